The Labute approximate surface area is 49.7 Å². The minimum absolute atomic E-state index is 0.402. The molecule has 9 heavy (non-hydrogen) atoms. The molecular formula is C4H4F2NO2-. The number of carbonyl (C=O) groups excluding carboxylic acids is 1. The predicted molar refractivity (Wildman–Crippen MR) is 21.9 cm³/mol. The number of rotatable bonds is 1. The maximum absolute atomic E-state index is 11.8. The molecule has 0 aromatic heterocycles. The van der Waals surface area contributed by atoms with E-state index in [1.165, 1.54) is 0 Å². The highest BCUT2D eigenvalue weighted by molar-refractivity contribution is 5.63. The second-order valence-corrected chi connectivity index (χ2v) is 1.95. The summed E-state index contributed by atoms with van der Waals surface area (Å²) in [5, 5.41) is 11.1. The Hall–Kier alpha value is -0.870. The molecule has 0 aromatic carbocycles. The Morgan fingerprint density at radius 2 is 2.22 bits per heavy atom. The smallest absolute Gasteiger partial charge is 0.270 e. The topological polar surface area (TPSA) is 52.2 Å². The van der Waals surface area contributed by atoms with E-state index in [1.54, 1.807) is 5.32 Å². The minimum atomic E-state index is -2.83. The van der Waals surface area contributed by atoms with E-state index in [0.29, 0.717) is 0 Å². The molecule has 1 aliphatic rings. The Morgan fingerprint density at radius 1 is 1.78 bits per heavy atom. The molecule has 1 atom stereocenters. The quantitative estimate of drug-likeness (QED) is 0.519. The molecule has 52 valence electrons. The van der Waals surface area contributed by atoms with Crippen molar-refractivity contribution >= 4 is 6.09 Å². The predicted octanol–water partition coefficient (Wildman–Crippen LogP) is -0.673. The van der Waals surface area contributed by atoms with Crippen LogP contribution < -0.4 is 10.4 Å². The molecular weight excluding hydrogens is 132 g/mol. The highest BCUT2D eigenvalue weighted by Gasteiger charge is 2.57. The average molecular weight is 136 g/mol. The lowest BCUT2D eigenvalue weighted by atomic mass is 10.7. The van der Waals surface area contributed by atoms with Crippen molar-refractivity contribution in [3.63, 3.8) is 0 Å². The van der Waals surface area contributed by atoms with Crippen LogP contribution in [0.15, 0.2) is 0 Å². The van der Waals surface area contributed by atoms with Crippen molar-refractivity contribution in [1.82, 2.24) is 5.32 Å². The van der Waals surface area contributed by atoms with Crippen molar-refractivity contribution in [3.8, 4) is 0 Å². The van der Waals surface area contributed by atoms with Crippen molar-refractivity contribution < 1.29 is 18.7 Å². The van der Waals surface area contributed by atoms with Crippen LogP contribution in [0.2, 0.25) is 0 Å². The maximum Gasteiger partial charge on any atom is 0.270 e. The fourth-order valence-corrected chi connectivity index (χ4v) is 0.512. The van der Waals surface area contributed by atoms with Gasteiger partial charge in [0.15, 0.2) is 0 Å². The van der Waals surface area contributed by atoms with Gasteiger partial charge in [-0.05, 0) is 0 Å². The lowest BCUT2D eigenvalue weighted by molar-refractivity contribution is -0.251. The van der Waals surface area contributed by atoms with Gasteiger partial charge >= 0.3 is 0 Å². The first kappa shape index (κ1) is 6.25. The van der Waals surface area contributed by atoms with E-state index < -0.39 is 24.5 Å². The summed E-state index contributed by atoms with van der Waals surface area (Å²) >= 11 is 0. The third-order valence-electron chi connectivity index (χ3n) is 1.12. The zero-order chi connectivity index (χ0) is 7.07. The van der Waals surface area contributed by atoms with E-state index in [9.17, 15) is 18.7 Å². The fourth-order valence-electron chi connectivity index (χ4n) is 0.512. The van der Waals surface area contributed by atoms with E-state index in [2.05, 4.69) is 0 Å². The van der Waals surface area contributed by atoms with Gasteiger partial charge in [-0.1, -0.05) is 0 Å². The number of nitrogens with one attached hydrogen (secondary N) is 1. The summed E-state index contributed by atoms with van der Waals surface area (Å²) < 4.78 is 23.6. The first-order valence-corrected chi connectivity index (χ1v) is 2.38. The van der Waals surface area contributed by atoms with Crippen LogP contribution in [0.4, 0.5) is 13.6 Å². The van der Waals surface area contributed by atoms with Crippen LogP contribution in [0.25, 0.3) is 0 Å². The van der Waals surface area contributed by atoms with E-state index in [4.69, 9.17) is 0 Å². The summed E-state index contributed by atoms with van der Waals surface area (Å²) in [5.74, 6) is -2.83. The van der Waals surface area contributed by atoms with E-state index >= 15 is 0 Å². The minimum Gasteiger partial charge on any atom is -0.530 e. The van der Waals surface area contributed by atoms with Gasteiger partial charge in [-0.3, -0.25) is 0 Å². The second-order valence-electron chi connectivity index (χ2n) is 1.95. The van der Waals surface area contributed by atoms with Crippen LogP contribution in [-0.4, -0.2) is 18.1 Å². The van der Waals surface area contributed by atoms with Crippen LogP contribution in [-0.2, 0) is 0 Å². The van der Waals surface area contributed by atoms with Gasteiger partial charge in [-0.25, -0.2) is 8.78 Å². The normalized spacial score (nSPS) is 29.3. The zero-order valence-corrected chi connectivity index (χ0v) is 4.36. The van der Waals surface area contributed by atoms with Gasteiger partial charge in [0.05, 0.1) is 6.04 Å². The molecule has 0 saturated heterocycles. The first-order valence-electron chi connectivity index (χ1n) is 2.38. The molecule has 0 radical (unpaired) electrons. The molecule has 5 heteroatoms. The third-order valence-corrected chi connectivity index (χ3v) is 1.12. The Balaban J connectivity index is 2.28. The fraction of sp³-hybridized carbons (Fsp3) is 0.750. The number of hydrogen-bond acceptors (Lipinski definition) is 2. The molecule has 1 unspecified atom stereocenters. The summed E-state index contributed by atoms with van der Waals surface area (Å²) in [6.45, 7) is 0. The van der Waals surface area contributed by atoms with E-state index in [0.717, 1.165) is 0 Å². The number of halogens is 2. The molecule has 0 bridgehead atoms. The van der Waals surface area contributed by atoms with Gasteiger partial charge in [-0.15, -0.1) is 0 Å². The lowest BCUT2D eigenvalue weighted by Gasteiger charge is -2.02. The largest absolute Gasteiger partial charge is 0.530 e. The maximum atomic E-state index is 11.8. The molecule has 0 aliphatic heterocycles. The molecule has 1 aliphatic carbocycles. The Kier molecular flexibility index (Phi) is 1.08. The van der Waals surface area contributed by atoms with Gasteiger partial charge in [0.25, 0.3) is 5.92 Å². The SMILES string of the molecule is O=C([O-])NC1CC1(F)F. The average Bonchev–Trinajstić information content (AvgIpc) is 2.10. The van der Waals surface area contributed by atoms with Crippen LogP contribution in [0, 0.1) is 0 Å². The number of alkyl halides is 2. The van der Waals surface area contributed by atoms with Crippen molar-refractivity contribution in [2.75, 3.05) is 0 Å². The van der Waals surface area contributed by atoms with Crippen LogP contribution in [0.5, 0.6) is 0 Å². The van der Waals surface area contributed by atoms with Gasteiger partial charge in [0, 0.05) is 6.42 Å². The Morgan fingerprint density at radius 3 is 2.33 bits per heavy atom. The number of hydrogen-bond donors (Lipinski definition) is 1. The molecule has 3 nitrogen and oxygen atoms in total. The molecule has 0 spiro atoms. The summed E-state index contributed by atoms with van der Waals surface area (Å²) in [7, 11) is 0. The molecule has 0 aromatic rings. The third kappa shape index (κ3) is 1.28. The first-order chi connectivity index (χ1) is 4.02. The van der Waals surface area contributed by atoms with E-state index in [1.807, 2.05) is 0 Å². The molecule has 1 rings (SSSR count). The molecule has 1 amide bonds. The van der Waals surface area contributed by atoms with Crippen molar-refractivity contribution in [2.24, 2.45) is 0 Å². The molecule has 1 fully saturated rings. The van der Waals surface area contributed by atoms with Crippen LogP contribution in [0.3, 0.4) is 0 Å². The zero-order valence-electron chi connectivity index (χ0n) is 4.36. The van der Waals surface area contributed by atoms with Gasteiger partial charge in [0.2, 0.25) is 0 Å². The number of carbonyl (C=O) groups is 1. The van der Waals surface area contributed by atoms with Crippen LogP contribution >= 0.6 is 0 Å². The molecule has 1 saturated carbocycles. The standard InChI is InChI=1S/C4H5F2NO2/c5-4(6)1-2(4)7-3(8)9/h2,7H,1H2,(H,8,9)/p-1. The number of amides is 1. The molecule has 1 N–H and O–H groups in total. The highest BCUT2D eigenvalue weighted by atomic mass is 19.3. The molecule has 0 heterocycles. The van der Waals surface area contributed by atoms with Gasteiger partial charge in [0.1, 0.15) is 6.09 Å². The van der Waals surface area contributed by atoms with Crippen molar-refractivity contribution in [1.29, 1.82) is 0 Å². The van der Waals surface area contributed by atoms with E-state index in [-0.39, 0.29) is 0 Å². The summed E-state index contributed by atoms with van der Waals surface area (Å²) in [6, 6.07) is -1.21. The summed E-state index contributed by atoms with van der Waals surface area (Å²) in [6.07, 6.45) is -2.04. The Bertz CT molecular complexity index is 148. The highest BCUT2D eigenvalue weighted by Crippen LogP contribution is 2.41. The number of carboxylic acid groups (broad SMARTS) is 1. The lowest BCUT2D eigenvalue weighted by Crippen LogP contribution is -2.39. The van der Waals surface area contributed by atoms with Crippen LogP contribution in [0.1, 0.15) is 6.42 Å². The summed E-state index contributed by atoms with van der Waals surface area (Å²) in [5.41, 5.74) is 0. The van der Waals surface area contributed by atoms with Gasteiger partial charge in [-0.2, -0.15) is 0 Å². The van der Waals surface area contributed by atoms with Crippen molar-refractivity contribution in [2.45, 2.75) is 18.4 Å². The monoisotopic (exact) mass is 136 g/mol. The van der Waals surface area contributed by atoms with Gasteiger partial charge < -0.3 is 15.2 Å². The van der Waals surface area contributed by atoms with Crippen molar-refractivity contribution in [3.05, 3.63) is 0 Å². The second kappa shape index (κ2) is 1.55. The summed E-state index contributed by atoms with van der Waals surface area (Å²) in [4.78, 5) is 9.58.